The molecule has 0 rings (SSSR count). The van der Waals surface area contributed by atoms with E-state index >= 15 is 0 Å². The number of carbonyl (C=O) groups excluding carboxylic acids is 4. The Labute approximate surface area is 157 Å². The predicted molar refractivity (Wildman–Crippen MR) is 96.0 cm³/mol. The highest BCUT2D eigenvalue weighted by Gasteiger charge is 2.31. The lowest BCUT2D eigenvalue weighted by molar-refractivity contribution is -0.139. The second kappa shape index (κ2) is 11.1. The molecule has 0 fully saturated rings. The first kappa shape index (κ1) is 24.3. The summed E-state index contributed by atoms with van der Waals surface area (Å²) in [5.74, 6) is -4.65. The number of primary amides is 1. The van der Waals surface area contributed by atoms with Crippen LogP contribution in [0, 0.1) is 11.8 Å². The highest BCUT2D eigenvalue weighted by atomic mass is 16.4. The third kappa shape index (κ3) is 8.99. The Hall–Kier alpha value is -2.69. The number of carboxylic acid groups (broad SMARTS) is 1. The van der Waals surface area contributed by atoms with Gasteiger partial charge in [0, 0.05) is 0 Å². The fourth-order valence-corrected chi connectivity index (χ4v) is 2.16. The summed E-state index contributed by atoms with van der Waals surface area (Å²) in [4.78, 5) is 58.2. The fourth-order valence-electron chi connectivity index (χ4n) is 2.16. The van der Waals surface area contributed by atoms with E-state index in [1.54, 1.807) is 27.7 Å². The lowest BCUT2D eigenvalue weighted by Gasteiger charge is -2.27. The Kier molecular flexibility index (Phi) is 10.0. The van der Waals surface area contributed by atoms with Gasteiger partial charge in [-0.1, -0.05) is 27.7 Å². The molecule has 0 radical (unpaired) electrons. The van der Waals surface area contributed by atoms with Crippen molar-refractivity contribution in [1.29, 1.82) is 0 Å². The van der Waals surface area contributed by atoms with Crippen LogP contribution in [0.15, 0.2) is 0 Å². The van der Waals surface area contributed by atoms with E-state index < -0.39 is 54.3 Å². The van der Waals surface area contributed by atoms with Crippen LogP contribution in [0.2, 0.25) is 0 Å². The summed E-state index contributed by atoms with van der Waals surface area (Å²) in [5, 5.41) is 15.8. The summed E-state index contributed by atoms with van der Waals surface area (Å²) in [5.41, 5.74) is 10.6. The summed E-state index contributed by atoms with van der Waals surface area (Å²) < 4.78 is 0. The molecule has 0 aliphatic carbocycles. The molecule has 0 aliphatic heterocycles. The molecule has 0 heterocycles. The van der Waals surface area contributed by atoms with Crippen molar-refractivity contribution in [2.24, 2.45) is 23.3 Å². The minimum Gasteiger partial charge on any atom is -0.480 e. The van der Waals surface area contributed by atoms with Gasteiger partial charge in [-0.2, -0.15) is 0 Å². The predicted octanol–water partition coefficient (Wildman–Crippen LogP) is -2.33. The molecule has 4 amide bonds. The van der Waals surface area contributed by atoms with Gasteiger partial charge in [0.15, 0.2) is 0 Å². The molecule has 0 aromatic carbocycles. The van der Waals surface area contributed by atoms with Gasteiger partial charge in [0.1, 0.15) is 18.6 Å². The number of amides is 4. The number of hydrogen-bond donors (Lipinski definition) is 6. The number of hydrogen-bond acceptors (Lipinski definition) is 6. The van der Waals surface area contributed by atoms with Crippen LogP contribution in [-0.4, -0.2) is 59.4 Å². The maximum absolute atomic E-state index is 12.6. The molecule has 27 heavy (non-hydrogen) atoms. The second-order valence-corrected chi connectivity index (χ2v) is 6.85. The first-order valence-corrected chi connectivity index (χ1v) is 8.50. The number of rotatable bonds is 11. The van der Waals surface area contributed by atoms with Crippen molar-refractivity contribution < 1.29 is 29.1 Å². The van der Waals surface area contributed by atoms with E-state index in [2.05, 4.69) is 16.0 Å². The van der Waals surface area contributed by atoms with Crippen LogP contribution in [0.4, 0.5) is 0 Å². The number of nitrogens with two attached hydrogens (primary N) is 2. The van der Waals surface area contributed by atoms with Crippen LogP contribution in [-0.2, 0) is 24.0 Å². The van der Waals surface area contributed by atoms with E-state index in [1.807, 2.05) is 0 Å². The lowest BCUT2D eigenvalue weighted by atomic mass is 9.99. The molecule has 11 nitrogen and oxygen atoms in total. The van der Waals surface area contributed by atoms with Crippen molar-refractivity contribution in [1.82, 2.24) is 16.0 Å². The number of carboxylic acids is 1. The smallest absolute Gasteiger partial charge is 0.322 e. The topological polar surface area (TPSA) is 194 Å². The van der Waals surface area contributed by atoms with Crippen LogP contribution < -0.4 is 27.4 Å². The molecule has 0 aliphatic rings. The summed E-state index contributed by atoms with van der Waals surface area (Å²) in [6, 6.07) is -3.20. The molecule has 0 aromatic rings. The van der Waals surface area contributed by atoms with E-state index in [1.165, 1.54) is 0 Å². The van der Waals surface area contributed by atoms with Crippen LogP contribution in [0.5, 0.6) is 0 Å². The highest BCUT2D eigenvalue weighted by molar-refractivity contribution is 5.94. The van der Waals surface area contributed by atoms with Crippen LogP contribution in [0.1, 0.15) is 34.1 Å². The van der Waals surface area contributed by atoms with Crippen molar-refractivity contribution in [3.05, 3.63) is 0 Å². The molecule has 0 spiro atoms. The van der Waals surface area contributed by atoms with Gasteiger partial charge < -0.3 is 32.5 Å². The number of carbonyl (C=O) groups is 5. The van der Waals surface area contributed by atoms with Gasteiger partial charge in [-0.05, 0) is 11.8 Å². The zero-order chi connectivity index (χ0) is 21.3. The zero-order valence-electron chi connectivity index (χ0n) is 15.9. The number of nitrogens with one attached hydrogen (secondary N) is 3. The fraction of sp³-hybridized carbons (Fsp3) is 0.688. The number of aliphatic carboxylic acids is 1. The van der Waals surface area contributed by atoms with Crippen LogP contribution in [0.25, 0.3) is 0 Å². The first-order valence-electron chi connectivity index (χ1n) is 8.50. The van der Waals surface area contributed by atoms with Gasteiger partial charge in [0.25, 0.3) is 0 Å². The molecule has 11 heteroatoms. The van der Waals surface area contributed by atoms with Crippen LogP contribution in [0.3, 0.4) is 0 Å². The molecule has 0 saturated heterocycles. The van der Waals surface area contributed by atoms with E-state index in [0.717, 1.165) is 0 Å². The molecule has 3 unspecified atom stereocenters. The minimum atomic E-state index is -1.21. The zero-order valence-corrected chi connectivity index (χ0v) is 15.9. The Morgan fingerprint density at radius 1 is 0.852 bits per heavy atom. The van der Waals surface area contributed by atoms with E-state index in [4.69, 9.17) is 16.6 Å². The molecule has 0 bridgehead atoms. The summed E-state index contributed by atoms with van der Waals surface area (Å²) in [7, 11) is 0. The van der Waals surface area contributed by atoms with Gasteiger partial charge in [-0.25, -0.2) is 0 Å². The molecule has 154 valence electrons. The molecule has 3 atom stereocenters. The normalized spacial score (nSPS) is 14.2. The average molecular weight is 387 g/mol. The summed E-state index contributed by atoms with van der Waals surface area (Å²) >= 11 is 0. The Balaban J connectivity index is 5.11. The minimum absolute atomic E-state index is 0.330. The SMILES string of the molecule is CC(C)C(NC(=O)C(N)CC(N)=O)C(=O)NC(C(=O)NCC(=O)O)C(C)C. The van der Waals surface area contributed by atoms with E-state index in [0.29, 0.717) is 0 Å². The standard InChI is InChI=1S/C16H29N5O6/c1-7(2)12(15(26)19-6-11(23)24)21-16(27)13(8(3)4)20-14(25)9(17)5-10(18)22/h7-9,12-13H,5-6,17H2,1-4H3,(H2,18,22)(H,19,26)(H,20,25)(H,21,27)(H,23,24). The Morgan fingerprint density at radius 2 is 1.30 bits per heavy atom. The molecular weight excluding hydrogens is 358 g/mol. The molecule has 0 saturated carbocycles. The van der Waals surface area contributed by atoms with Crippen molar-refractivity contribution in [3.63, 3.8) is 0 Å². The third-order valence-electron chi connectivity index (χ3n) is 3.67. The van der Waals surface area contributed by atoms with Gasteiger partial charge in [-0.15, -0.1) is 0 Å². The lowest BCUT2D eigenvalue weighted by Crippen LogP contribution is -2.58. The van der Waals surface area contributed by atoms with Crippen molar-refractivity contribution in [2.45, 2.75) is 52.2 Å². The quantitative estimate of drug-likeness (QED) is 0.229. The third-order valence-corrected chi connectivity index (χ3v) is 3.67. The summed E-state index contributed by atoms with van der Waals surface area (Å²) in [6.45, 7) is 6.14. The Bertz CT molecular complexity index is 578. The maximum Gasteiger partial charge on any atom is 0.322 e. The first-order chi connectivity index (χ1) is 12.4. The Morgan fingerprint density at radius 3 is 1.70 bits per heavy atom. The molecule has 0 aromatic heterocycles. The summed E-state index contributed by atoms with van der Waals surface area (Å²) in [6.07, 6.45) is -0.371. The largest absolute Gasteiger partial charge is 0.480 e. The van der Waals surface area contributed by atoms with Gasteiger partial charge in [-0.3, -0.25) is 24.0 Å². The van der Waals surface area contributed by atoms with Gasteiger partial charge in [0.2, 0.25) is 23.6 Å². The van der Waals surface area contributed by atoms with Crippen LogP contribution >= 0.6 is 0 Å². The highest BCUT2D eigenvalue weighted by Crippen LogP contribution is 2.07. The monoisotopic (exact) mass is 387 g/mol. The van der Waals surface area contributed by atoms with E-state index in [-0.39, 0.29) is 18.3 Å². The van der Waals surface area contributed by atoms with Crippen molar-refractivity contribution >= 4 is 29.6 Å². The van der Waals surface area contributed by atoms with Crippen molar-refractivity contribution in [2.75, 3.05) is 6.54 Å². The maximum atomic E-state index is 12.6. The second-order valence-electron chi connectivity index (χ2n) is 6.85. The van der Waals surface area contributed by atoms with E-state index in [9.17, 15) is 24.0 Å². The van der Waals surface area contributed by atoms with Crippen molar-refractivity contribution in [3.8, 4) is 0 Å². The average Bonchev–Trinajstić information content (AvgIpc) is 2.53. The molecule has 8 N–H and O–H groups in total. The van der Waals surface area contributed by atoms with Gasteiger partial charge >= 0.3 is 5.97 Å². The molecular formula is C16H29N5O6. The van der Waals surface area contributed by atoms with Gasteiger partial charge in [0.05, 0.1) is 12.5 Å².